The van der Waals surface area contributed by atoms with Gasteiger partial charge in [0, 0.05) is 18.7 Å². The van der Waals surface area contributed by atoms with Crippen molar-refractivity contribution in [2.24, 2.45) is 5.92 Å². The third kappa shape index (κ3) is 4.96. The summed E-state index contributed by atoms with van der Waals surface area (Å²) < 4.78 is 0. The molecule has 0 heterocycles. The van der Waals surface area contributed by atoms with Crippen molar-refractivity contribution >= 4 is 0 Å². The molecule has 2 heteroatoms. The van der Waals surface area contributed by atoms with Crippen LogP contribution >= 0.6 is 0 Å². The zero-order valence-electron chi connectivity index (χ0n) is 12.0. The van der Waals surface area contributed by atoms with E-state index in [1.54, 1.807) is 0 Å². The summed E-state index contributed by atoms with van der Waals surface area (Å²) >= 11 is 0. The fraction of sp³-hybridized carbons (Fsp3) is 0.647. The predicted molar refractivity (Wildman–Crippen MR) is 80.2 cm³/mol. The average Bonchev–Trinajstić information content (AvgIpc) is 2.47. The number of aryl methyl sites for hydroxylation is 1. The van der Waals surface area contributed by atoms with Gasteiger partial charge >= 0.3 is 0 Å². The summed E-state index contributed by atoms with van der Waals surface area (Å²) in [5, 5.41) is 12.9. The Morgan fingerprint density at radius 3 is 2.47 bits per heavy atom. The Morgan fingerprint density at radius 2 is 1.84 bits per heavy atom. The van der Waals surface area contributed by atoms with Crippen LogP contribution in [0.2, 0.25) is 0 Å². The summed E-state index contributed by atoms with van der Waals surface area (Å²) in [7, 11) is 0. The van der Waals surface area contributed by atoms with Gasteiger partial charge in [0.05, 0.1) is 0 Å². The molecule has 19 heavy (non-hydrogen) atoms. The molecule has 2 nitrogen and oxygen atoms in total. The first-order chi connectivity index (χ1) is 9.28. The molecule has 2 rings (SSSR count). The van der Waals surface area contributed by atoms with Crippen molar-refractivity contribution in [2.75, 3.05) is 6.61 Å². The van der Waals surface area contributed by atoms with E-state index in [1.807, 2.05) is 0 Å². The van der Waals surface area contributed by atoms with Crippen LogP contribution in [0.4, 0.5) is 0 Å². The minimum atomic E-state index is 0.371. The first-order valence-corrected chi connectivity index (χ1v) is 7.68. The Morgan fingerprint density at radius 1 is 1.16 bits per heavy atom. The molecule has 1 atom stereocenters. The van der Waals surface area contributed by atoms with Crippen LogP contribution in [0, 0.1) is 5.92 Å². The topological polar surface area (TPSA) is 32.3 Å². The highest BCUT2D eigenvalue weighted by atomic mass is 16.3. The van der Waals surface area contributed by atoms with E-state index in [-0.39, 0.29) is 0 Å². The summed E-state index contributed by atoms with van der Waals surface area (Å²) in [5.74, 6) is 0.553. The van der Waals surface area contributed by atoms with Gasteiger partial charge in [-0.05, 0) is 56.9 Å². The molecule has 106 valence electrons. The van der Waals surface area contributed by atoms with Gasteiger partial charge in [0.15, 0.2) is 0 Å². The number of hydrogen-bond acceptors (Lipinski definition) is 2. The molecular weight excluding hydrogens is 234 g/mol. The third-order valence-electron chi connectivity index (χ3n) is 4.33. The van der Waals surface area contributed by atoms with E-state index < -0.39 is 0 Å². The minimum Gasteiger partial charge on any atom is -0.396 e. The maximum Gasteiger partial charge on any atom is 0.0459 e. The van der Waals surface area contributed by atoms with Gasteiger partial charge in [-0.1, -0.05) is 30.3 Å². The lowest BCUT2D eigenvalue weighted by molar-refractivity contribution is 0.172. The number of aliphatic hydroxyl groups is 1. The highest BCUT2D eigenvalue weighted by Crippen LogP contribution is 2.24. The lowest BCUT2D eigenvalue weighted by atomic mass is 9.86. The summed E-state index contributed by atoms with van der Waals surface area (Å²) in [6.45, 7) is 2.66. The van der Waals surface area contributed by atoms with Crippen molar-refractivity contribution in [1.29, 1.82) is 0 Å². The number of rotatable bonds is 6. The molecule has 1 aliphatic rings. The molecule has 1 unspecified atom stereocenters. The molecule has 1 saturated carbocycles. The second-order valence-corrected chi connectivity index (χ2v) is 5.99. The van der Waals surface area contributed by atoms with Crippen LogP contribution in [0.3, 0.4) is 0 Å². The summed E-state index contributed by atoms with van der Waals surface area (Å²) in [6, 6.07) is 12.0. The fourth-order valence-corrected chi connectivity index (χ4v) is 3.03. The van der Waals surface area contributed by atoms with E-state index in [0.29, 0.717) is 24.6 Å². The SMILES string of the molecule is CC(CCc1ccccc1)NC1CCC(CO)CC1. The molecule has 1 aromatic carbocycles. The molecule has 1 fully saturated rings. The van der Waals surface area contributed by atoms with Crippen LogP contribution in [0.25, 0.3) is 0 Å². The van der Waals surface area contributed by atoms with E-state index in [1.165, 1.54) is 37.7 Å². The smallest absolute Gasteiger partial charge is 0.0459 e. The molecule has 1 aromatic rings. The maximum atomic E-state index is 9.15. The zero-order chi connectivity index (χ0) is 13.5. The van der Waals surface area contributed by atoms with Crippen LogP contribution in [0.1, 0.15) is 44.6 Å². The lowest BCUT2D eigenvalue weighted by Gasteiger charge is -2.30. The largest absolute Gasteiger partial charge is 0.396 e. The molecule has 2 N–H and O–H groups in total. The average molecular weight is 261 g/mol. The predicted octanol–water partition coefficient (Wildman–Crippen LogP) is 3.15. The quantitative estimate of drug-likeness (QED) is 0.824. The van der Waals surface area contributed by atoms with Gasteiger partial charge in [0.1, 0.15) is 0 Å². The van der Waals surface area contributed by atoms with Crippen molar-refractivity contribution in [2.45, 2.75) is 57.5 Å². The van der Waals surface area contributed by atoms with Gasteiger partial charge in [0.25, 0.3) is 0 Å². The maximum absolute atomic E-state index is 9.15. The molecule has 0 amide bonds. The van der Waals surface area contributed by atoms with Gasteiger partial charge in [0.2, 0.25) is 0 Å². The highest BCUT2D eigenvalue weighted by molar-refractivity contribution is 5.14. The first-order valence-electron chi connectivity index (χ1n) is 7.68. The van der Waals surface area contributed by atoms with E-state index in [0.717, 1.165) is 6.42 Å². The monoisotopic (exact) mass is 261 g/mol. The number of hydrogen-bond donors (Lipinski definition) is 2. The molecule has 0 aliphatic heterocycles. The second kappa shape index (κ2) is 7.66. The zero-order valence-corrected chi connectivity index (χ0v) is 12.0. The van der Waals surface area contributed by atoms with E-state index in [9.17, 15) is 0 Å². The molecule has 0 spiro atoms. The third-order valence-corrected chi connectivity index (χ3v) is 4.33. The summed E-state index contributed by atoms with van der Waals surface area (Å²) in [5.41, 5.74) is 1.43. The first kappa shape index (κ1) is 14.5. The van der Waals surface area contributed by atoms with E-state index >= 15 is 0 Å². The number of nitrogens with one attached hydrogen (secondary N) is 1. The Labute approximate surface area is 117 Å². The molecule has 0 saturated heterocycles. The van der Waals surface area contributed by atoms with Gasteiger partial charge in [-0.25, -0.2) is 0 Å². The van der Waals surface area contributed by atoms with Crippen molar-refractivity contribution in [3.63, 3.8) is 0 Å². The van der Waals surface area contributed by atoms with Crippen LogP contribution in [0.5, 0.6) is 0 Å². The van der Waals surface area contributed by atoms with Gasteiger partial charge in [-0.15, -0.1) is 0 Å². The van der Waals surface area contributed by atoms with Crippen molar-refractivity contribution in [1.82, 2.24) is 5.32 Å². The molecule has 0 radical (unpaired) electrons. The van der Waals surface area contributed by atoms with Crippen molar-refractivity contribution in [3.05, 3.63) is 35.9 Å². The van der Waals surface area contributed by atoms with E-state index in [4.69, 9.17) is 5.11 Å². The van der Waals surface area contributed by atoms with Crippen LogP contribution in [-0.2, 0) is 6.42 Å². The molecule has 1 aliphatic carbocycles. The standard InChI is InChI=1S/C17H27NO/c1-14(7-8-15-5-3-2-4-6-15)18-17-11-9-16(13-19)10-12-17/h2-6,14,16-19H,7-13H2,1H3. The summed E-state index contributed by atoms with van der Waals surface area (Å²) in [6.07, 6.45) is 7.16. The second-order valence-electron chi connectivity index (χ2n) is 5.99. The van der Waals surface area contributed by atoms with Gasteiger partial charge in [-0.2, -0.15) is 0 Å². The van der Waals surface area contributed by atoms with Crippen molar-refractivity contribution in [3.8, 4) is 0 Å². The summed E-state index contributed by atoms with van der Waals surface area (Å²) in [4.78, 5) is 0. The normalized spacial score (nSPS) is 25.2. The number of benzene rings is 1. The highest BCUT2D eigenvalue weighted by Gasteiger charge is 2.21. The van der Waals surface area contributed by atoms with Crippen molar-refractivity contribution < 1.29 is 5.11 Å². The Balaban J connectivity index is 1.66. The molecular formula is C17H27NO. The van der Waals surface area contributed by atoms with Gasteiger partial charge < -0.3 is 10.4 Å². The number of aliphatic hydroxyl groups excluding tert-OH is 1. The van der Waals surface area contributed by atoms with Crippen LogP contribution in [-0.4, -0.2) is 23.8 Å². The minimum absolute atomic E-state index is 0.371. The Bertz CT molecular complexity index is 344. The van der Waals surface area contributed by atoms with Crippen LogP contribution in [0.15, 0.2) is 30.3 Å². The lowest BCUT2D eigenvalue weighted by Crippen LogP contribution is -2.39. The van der Waals surface area contributed by atoms with E-state index in [2.05, 4.69) is 42.6 Å². The molecule has 0 bridgehead atoms. The molecule has 0 aromatic heterocycles. The van der Waals surface area contributed by atoms with Crippen LogP contribution < -0.4 is 5.32 Å². The Kier molecular flexibility index (Phi) is 5.87. The Hall–Kier alpha value is -0.860. The fourth-order valence-electron chi connectivity index (χ4n) is 3.03. The van der Waals surface area contributed by atoms with Gasteiger partial charge in [-0.3, -0.25) is 0 Å².